The molecule has 0 bridgehead atoms. The van der Waals surface area contributed by atoms with E-state index in [1.807, 2.05) is 0 Å². The number of aliphatic carboxylic acids is 3. The van der Waals surface area contributed by atoms with Crippen LogP contribution in [0.25, 0.3) is 0 Å². The SMILES string of the molecule is O=C(O)CC(O)(CC(=O)OC(=O)CC(O)C(=O)O)C(=O)O.[CaH2]. The Labute approximate surface area is 152 Å². The van der Waals surface area contributed by atoms with Crippen molar-refractivity contribution in [1.82, 2.24) is 0 Å². The average Bonchev–Trinajstić information content (AvgIpc) is 2.26. The van der Waals surface area contributed by atoms with Gasteiger partial charge in [-0.1, -0.05) is 0 Å². The molecular weight excluding hydrogens is 336 g/mol. The first-order valence-electron chi connectivity index (χ1n) is 5.30. The summed E-state index contributed by atoms with van der Waals surface area (Å²) < 4.78 is 3.98. The standard InChI is InChI=1S/C10H12O11.Ca.2H/c11-4(8(16)17)1-6(14)21-7(15)3-10(20,9(18)19)2-5(12)13;;;/h4,11,20H,1-3H2,(H,12,13)(H,16,17)(H,18,19);;;. The monoisotopic (exact) mass is 350 g/mol. The predicted molar refractivity (Wildman–Crippen MR) is 67.4 cm³/mol. The number of rotatable bonds is 8. The molecule has 0 amide bonds. The van der Waals surface area contributed by atoms with E-state index >= 15 is 0 Å². The number of ether oxygens (including phenoxy) is 1. The summed E-state index contributed by atoms with van der Waals surface area (Å²) in [4.78, 5) is 53.6. The minimum atomic E-state index is -2.98. The molecule has 0 saturated carbocycles. The molecule has 0 aliphatic heterocycles. The van der Waals surface area contributed by atoms with Crippen LogP contribution in [0, 0.1) is 0 Å². The van der Waals surface area contributed by atoms with Crippen molar-refractivity contribution in [1.29, 1.82) is 0 Å². The van der Waals surface area contributed by atoms with Gasteiger partial charge in [0.25, 0.3) is 0 Å². The molecule has 0 rings (SSSR count). The van der Waals surface area contributed by atoms with Crippen molar-refractivity contribution in [3.05, 3.63) is 0 Å². The van der Waals surface area contributed by atoms with Crippen LogP contribution in [0.2, 0.25) is 0 Å². The van der Waals surface area contributed by atoms with Crippen LogP contribution < -0.4 is 0 Å². The summed E-state index contributed by atoms with van der Waals surface area (Å²) in [6.07, 6.45) is -5.86. The fraction of sp³-hybridized carbons (Fsp3) is 0.500. The van der Waals surface area contributed by atoms with Gasteiger partial charge in [-0.15, -0.1) is 0 Å². The number of carboxylic acids is 3. The van der Waals surface area contributed by atoms with E-state index in [-0.39, 0.29) is 37.7 Å². The Morgan fingerprint density at radius 2 is 1.45 bits per heavy atom. The second-order valence-corrected chi connectivity index (χ2v) is 3.99. The van der Waals surface area contributed by atoms with Crippen LogP contribution in [0.1, 0.15) is 19.3 Å². The zero-order chi connectivity index (χ0) is 16.8. The van der Waals surface area contributed by atoms with Crippen LogP contribution in [0.4, 0.5) is 0 Å². The molecule has 0 spiro atoms. The molecule has 0 radical (unpaired) electrons. The molecule has 0 aromatic carbocycles. The average molecular weight is 350 g/mol. The third-order valence-corrected chi connectivity index (χ3v) is 2.15. The van der Waals surface area contributed by atoms with E-state index < -0.39 is 60.8 Å². The molecule has 22 heavy (non-hydrogen) atoms. The van der Waals surface area contributed by atoms with Crippen molar-refractivity contribution in [3.8, 4) is 0 Å². The Morgan fingerprint density at radius 3 is 1.82 bits per heavy atom. The molecule has 0 aliphatic carbocycles. The van der Waals surface area contributed by atoms with Gasteiger partial charge in [0.1, 0.15) is 0 Å². The third kappa shape index (κ3) is 8.24. The van der Waals surface area contributed by atoms with Gasteiger partial charge in [-0.05, 0) is 0 Å². The van der Waals surface area contributed by atoms with Gasteiger partial charge in [-0.25, -0.2) is 9.59 Å². The molecule has 11 nitrogen and oxygen atoms in total. The number of esters is 2. The number of carboxylic acid groups (broad SMARTS) is 3. The Kier molecular flexibility index (Phi) is 10.1. The van der Waals surface area contributed by atoms with Crippen molar-refractivity contribution in [2.24, 2.45) is 0 Å². The first-order valence-corrected chi connectivity index (χ1v) is 5.30. The summed E-state index contributed by atoms with van der Waals surface area (Å²) in [6, 6.07) is 0. The van der Waals surface area contributed by atoms with Crippen LogP contribution >= 0.6 is 0 Å². The molecule has 5 N–H and O–H groups in total. The molecule has 122 valence electrons. The summed E-state index contributed by atoms with van der Waals surface area (Å²) in [5.74, 6) is -8.52. The first-order chi connectivity index (χ1) is 9.47. The number of aliphatic hydroxyl groups is 2. The number of hydrogen-bond acceptors (Lipinski definition) is 8. The molecule has 2 unspecified atom stereocenters. The summed E-state index contributed by atoms with van der Waals surface area (Å²) in [6.45, 7) is 0. The molecule has 2 atom stereocenters. The van der Waals surface area contributed by atoms with E-state index in [0.29, 0.717) is 0 Å². The van der Waals surface area contributed by atoms with Gasteiger partial charge in [0.2, 0.25) is 0 Å². The zero-order valence-corrected chi connectivity index (χ0v) is 10.4. The third-order valence-electron chi connectivity index (χ3n) is 2.15. The van der Waals surface area contributed by atoms with E-state index in [2.05, 4.69) is 4.74 Å². The molecule has 0 saturated heterocycles. The minimum absolute atomic E-state index is 0. The fourth-order valence-corrected chi connectivity index (χ4v) is 1.15. The summed E-state index contributed by atoms with van der Waals surface area (Å²) >= 11 is 0. The zero-order valence-electron chi connectivity index (χ0n) is 10.4. The van der Waals surface area contributed by atoms with Crippen molar-refractivity contribution in [2.75, 3.05) is 0 Å². The number of carbonyl (C=O) groups is 5. The van der Waals surface area contributed by atoms with Crippen LogP contribution in [0.3, 0.4) is 0 Å². The maximum absolute atomic E-state index is 11.2. The van der Waals surface area contributed by atoms with E-state index in [9.17, 15) is 29.1 Å². The second-order valence-electron chi connectivity index (χ2n) is 3.99. The van der Waals surface area contributed by atoms with Crippen molar-refractivity contribution >= 4 is 67.6 Å². The first kappa shape index (κ1) is 23.0. The Morgan fingerprint density at radius 1 is 0.955 bits per heavy atom. The molecular formula is C10H14CaO11. The van der Waals surface area contributed by atoms with Gasteiger partial charge in [-0.2, -0.15) is 0 Å². The maximum atomic E-state index is 11.2. The van der Waals surface area contributed by atoms with Crippen LogP contribution in [-0.4, -0.2) is 105 Å². The summed E-state index contributed by atoms with van der Waals surface area (Å²) in [5.41, 5.74) is -2.98. The molecule has 0 aliphatic rings. The normalized spacial score (nSPS) is 13.9. The van der Waals surface area contributed by atoms with Crippen molar-refractivity contribution < 1.29 is 54.2 Å². The van der Waals surface area contributed by atoms with Crippen LogP contribution in [0.15, 0.2) is 0 Å². The van der Waals surface area contributed by atoms with E-state index in [1.165, 1.54) is 0 Å². The topological polar surface area (TPSA) is 196 Å². The van der Waals surface area contributed by atoms with E-state index in [4.69, 9.17) is 20.4 Å². The van der Waals surface area contributed by atoms with Gasteiger partial charge in [-0.3, -0.25) is 14.4 Å². The molecule has 0 fully saturated rings. The van der Waals surface area contributed by atoms with Gasteiger partial charge < -0.3 is 30.3 Å². The Bertz CT molecular complexity index is 473. The quantitative estimate of drug-likeness (QED) is 0.167. The summed E-state index contributed by atoms with van der Waals surface area (Å²) in [7, 11) is 0. The second kappa shape index (κ2) is 9.69. The Hall–Kier alpha value is -1.27. The van der Waals surface area contributed by atoms with Crippen molar-refractivity contribution in [2.45, 2.75) is 31.0 Å². The Balaban J connectivity index is 0. The molecule has 0 heterocycles. The van der Waals surface area contributed by atoms with Gasteiger partial charge >= 0.3 is 67.6 Å². The van der Waals surface area contributed by atoms with Crippen LogP contribution in [0.5, 0.6) is 0 Å². The summed E-state index contributed by atoms with van der Waals surface area (Å²) in [5, 5.41) is 43.7. The molecule has 12 heteroatoms. The predicted octanol–water partition coefficient (Wildman–Crippen LogP) is -3.34. The fourth-order valence-electron chi connectivity index (χ4n) is 1.15. The molecule has 0 aromatic rings. The van der Waals surface area contributed by atoms with Gasteiger partial charge in [0.05, 0.1) is 19.3 Å². The van der Waals surface area contributed by atoms with E-state index in [0.717, 1.165) is 0 Å². The van der Waals surface area contributed by atoms with Gasteiger partial charge in [0, 0.05) is 0 Å². The number of carbonyl (C=O) groups excluding carboxylic acids is 2. The number of hydrogen-bond donors (Lipinski definition) is 5. The number of aliphatic hydroxyl groups excluding tert-OH is 1. The van der Waals surface area contributed by atoms with Gasteiger partial charge in [0.15, 0.2) is 11.7 Å². The molecule has 0 aromatic heterocycles. The van der Waals surface area contributed by atoms with Crippen LogP contribution in [-0.2, 0) is 28.7 Å². The van der Waals surface area contributed by atoms with Crippen molar-refractivity contribution in [3.63, 3.8) is 0 Å². The van der Waals surface area contributed by atoms with E-state index in [1.54, 1.807) is 0 Å².